The molecule has 5 heteroatoms. The molecule has 0 aliphatic rings. The number of fused-ring (bicyclic) bond motifs is 1. The van der Waals surface area contributed by atoms with Gasteiger partial charge in [0.05, 0.1) is 5.75 Å². The SMILES string of the molecule is CC(C)N(C(=O)CSc1nc2ccccc2o1)c1ccccc1. The van der Waals surface area contributed by atoms with Crippen molar-refractivity contribution in [3.05, 3.63) is 54.6 Å². The summed E-state index contributed by atoms with van der Waals surface area (Å²) in [6, 6.07) is 17.4. The van der Waals surface area contributed by atoms with Gasteiger partial charge in [0.25, 0.3) is 5.22 Å². The second-order valence-corrected chi connectivity index (χ2v) is 6.36. The number of thioether (sulfide) groups is 1. The molecule has 0 N–H and O–H groups in total. The summed E-state index contributed by atoms with van der Waals surface area (Å²) in [5.74, 6) is 0.332. The molecule has 1 heterocycles. The molecule has 0 saturated heterocycles. The van der Waals surface area contributed by atoms with E-state index in [-0.39, 0.29) is 11.9 Å². The van der Waals surface area contributed by atoms with Gasteiger partial charge in [-0.15, -0.1) is 0 Å². The number of para-hydroxylation sites is 3. The van der Waals surface area contributed by atoms with Crippen LogP contribution in [-0.4, -0.2) is 22.7 Å². The molecule has 0 radical (unpaired) electrons. The highest BCUT2D eigenvalue weighted by Gasteiger charge is 2.20. The van der Waals surface area contributed by atoms with Gasteiger partial charge in [-0.3, -0.25) is 4.79 Å². The van der Waals surface area contributed by atoms with Crippen LogP contribution < -0.4 is 4.90 Å². The number of carbonyl (C=O) groups is 1. The van der Waals surface area contributed by atoms with Crippen molar-refractivity contribution in [2.75, 3.05) is 10.7 Å². The molecule has 23 heavy (non-hydrogen) atoms. The Balaban J connectivity index is 1.72. The Labute approximate surface area is 139 Å². The first kappa shape index (κ1) is 15.6. The van der Waals surface area contributed by atoms with Gasteiger partial charge in [-0.2, -0.15) is 0 Å². The van der Waals surface area contributed by atoms with E-state index >= 15 is 0 Å². The summed E-state index contributed by atoms with van der Waals surface area (Å²) in [4.78, 5) is 18.8. The van der Waals surface area contributed by atoms with Gasteiger partial charge in [0.1, 0.15) is 5.52 Å². The summed E-state index contributed by atoms with van der Waals surface area (Å²) in [6.45, 7) is 4.02. The highest BCUT2D eigenvalue weighted by Crippen LogP contribution is 2.25. The third kappa shape index (κ3) is 3.56. The minimum Gasteiger partial charge on any atom is -0.431 e. The Bertz CT molecular complexity index is 766. The first-order valence-electron chi connectivity index (χ1n) is 7.50. The van der Waals surface area contributed by atoms with E-state index < -0.39 is 0 Å². The fourth-order valence-electron chi connectivity index (χ4n) is 2.42. The Kier molecular flexibility index (Phi) is 4.67. The number of nitrogens with zero attached hydrogens (tertiary/aromatic N) is 2. The molecule has 0 fully saturated rings. The molecule has 1 amide bonds. The number of oxazole rings is 1. The van der Waals surface area contributed by atoms with Crippen molar-refractivity contribution < 1.29 is 9.21 Å². The lowest BCUT2D eigenvalue weighted by molar-refractivity contribution is -0.116. The van der Waals surface area contributed by atoms with E-state index in [1.807, 2.05) is 68.4 Å². The maximum Gasteiger partial charge on any atom is 0.257 e. The van der Waals surface area contributed by atoms with E-state index in [4.69, 9.17) is 4.42 Å². The maximum atomic E-state index is 12.6. The number of amides is 1. The van der Waals surface area contributed by atoms with E-state index in [1.165, 1.54) is 11.8 Å². The number of hydrogen-bond donors (Lipinski definition) is 0. The van der Waals surface area contributed by atoms with Crippen molar-refractivity contribution in [3.8, 4) is 0 Å². The average molecular weight is 326 g/mol. The van der Waals surface area contributed by atoms with Gasteiger partial charge in [0, 0.05) is 11.7 Å². The second-order valence-electron chi connectivity index (χ2n) is 5.43. The fourth-order valence-corrected chi connectivity index (χ4v) is 3.12. The molecule has 2 aromatic carbocycles. The first-order valence-corrected chi connectivity index (χ1v) is 8.49. The molecule has 0 spiro atoms. The van der Waals surface area contributed by atoms with Crippen molar-refractivity contribution in [1.82, 2.24) is 4.98 Å². The molecule has 3 aromatic rings. The topological polar surface area (TPSA) is 46.3 Å². The van der Waals surface area contributed by atoms with Crippen LogP contribution in [-0.2, 0) is 4.79 Å². The normalized spacial score (nSPS) is 11.1. The van der Waals surface area contributed by atoms with E-state index in [0.717, 1.165) is 16.8 Å². The van der Waals surface area contributed by atoms with Crippen molar-refractivity contribution in [3.63, 3.8) is 0 Å². The summed E-state index contributed by atoms with van der Waals surface area (Å²) >= 11 is 1.33. The molecule has 0 saturated carbocycles. The van der Waals surface area contributed by atoms with Crippen LogP contribution in [0.3, 0.4) is 0 Å². The van der Waals surface area contributed by atoms with Crippen LogP contribution in [0.25, 0.3) is 11.1 Å². The quantitative estimate of drug-likeness (QED) is 0.654. The Morgan fingerprint density at radius 1 is 1.13 bits per heavy atom. The lowest BCUT2D eigenvalue weighted by Gasteiger charge is -2.26. The van der Waals surface area contributed by atoms with Crippen LogP contribution in [0.4, 0.5) is 5.69 Å². The number of benzene rings is 2. The van der Waals surface area contributed by atoms with Crippen molar-refractivity contribution in [2.45, 2.75) is 25.1 Å². The molecule has 0 aliphatic heterocycles. The molecule has 0 unspecified atom stereocenters. The molecule has 4 nitrogen and oxygen atoms in total. The first-order chi connectivity index (χ1) is 11.1. The van der Waals surface area contributed by atoms with Crippen LogP contribution in [0.2, 0.25) is 0 Å². The van der Waals surface area contributed by atoms with Gasteiger partial charge in [-0.25, -0.2) is 4.98 Å². The molecular formula is C18H18N2O2S. The molecule has 0 aliphatic carbocycles. The fraction of sp³-hybridized carbons (Fsp3) is 0.222. The van der Waals surface area contributed by atoms with E-state index in [1.54, 1.807) is 4.90 Å². The van der Waals surface area contributed by atoms with E-state index in [0.29, 0.717) is 11.0 Å². The van der Waals surface area contributed by atoms with Gasteiger partial charge < -0.3 is 9.32 Å². The summed E-state index contributed by atoms with van der Waals surface area (Å²) in [5.41, 5.74) is 2.46. The average Bonchev–Trinajstić information content (AvgIpc) is 2.96. The second kappa shape index (κ2) is 6.87. The predicted octanol–water partition coefficient (Wildman–Crippen LogP) is 4.36. The minimum atomic E-state index is 0.0402. The van der Waals surface area contributed by atoms with Crippen LogP contribution in [0.1, 0.15) is 13.8 Å². The zero-order chi connectivity index (χ0) is 16.2. The largest absolute Gasteiger partial charge is 0.431 e. The number of aromatic nitrogens is 1. The van der Waals surface area contributed by atoms with Crippen LogP contribution in [0, 0.1) is 0 Å². The smallest absolute Gasteiger partial charge is 0.257 e. The van der Waals surface area contributed by atoms with Crippen LogP contribution in [0.15, 0.2) is 64.2 Å². The Morgan fingerprint density at radius 2 is 1.83 bits per heavy atom. The predicted molar refractivity (Wildman–Crippen MR) is 93.8 cm³/mol. The summed E-state index contributed by atoms with van der Waals surface area (Å²) in [5, 5.41) is 0.524. The number of carbonyl (C=O) groups excluding carboxylic acids is 1. The molecule has 0 atom stereocenters. The molecule has 118 valence electrons. The molecule has 3 rings (SSSR count). The molecule has 0 bridgehead atoms. The van der Waals surface area contributed by atoms with Gasteiger partial charge in [0.2, 0.25) is 5.91 Å². The van der Waals surface area contributed by atoms with Gasteiger partial charge >= 0.3 is 0 Å². The monoisotopic (exact) mass is 326 g/mol. The van der Waals surface area contributed by atoms with Crippen LogP contribution in [0.5, 0.6) is 0 Å². The Hall–Kier alpha value is -2.27. The minimum absolute atomic E-state index is 0.0402. The lowest BCUT2D eigenvalue weighted by Crippen LogP contribution is -2.38. The van der Waals surface area contributed by atoms with Gasteiger partial charge in [0.15, 0.2) is 5.58 Å². The Morgan fingerprint density at radius 3 is 2.52 bits per heavy atom. The molecule has 1 aromatic heterocycles. The highest BCUT2D eigenvalue weighted by molar-refractivity contribution is 7.99. The van der Waals surface area contributed by atoms with E-state index in [2.05, 4.69) is 4.98 Å². The van der Waals surface area contributed by atoms with Crippen LogP contribution >= 0.6 is 11.8 Å². The number of rotatable bonds is 5. The summed E-state index contributed by atoms with van der Waals surface area (Å²) < 4.78 is 5.65. The number of hydrogen-bond acceptors (Lipinski definition) is 4. The van der Waals surface area contributed by atoms with Gasteiger partial charge in [-0.05, 0) is 38.1 Å². The van der Waals surface area contributed by atoms with E-state index in [9.17, 15) is 4.79 Å². The lowest BCUT2D eigenvalue weighted by atomic mass is 10.2. The third-order valence-corrected chi connectivity index (χ3v) is 4.23. The zero-order valence-electron chi connectivity index (χ0n) is 13.1. The van der Waals surface area contributed by atoms with Crippen molar-refractivity contribution >= 4 is 34.5 Å². The summed E-state index contributed by atoms with van der Waals surface area (Å²) in [6.07, 6.45) is 0. The third-order valence-electron chi connectivity index (χ3n) is 3.41. The summed E-state index contributed by atoms with van der Waals surface area (Å²) in [7, 11) is 0. The standard InChI is InChI=1S/C18H18N2O2S/c1-13(2)20(14-8-4-3-5-9-14)17(21)12-23-18-19-15-10-6-7-11-16(15)22-18/h3-11,13H,12H2,1-2H3. The van der Waals surface area contributed by atoms with Gasteiger partial charge in [-0.1, -0.05) is 42.1 Å². The maximum absolute atomic E-state index is 12.6. The van der Waals surface area contributed by atoms with Crippen molar-refractivity contribution in [1.29, 1.82) is 0 Å². The molecular weight excluding hydrogens is 308 g/mol. The van der Waals surface area contributed by atoms with Crippen molar-refractivity contribution in [2.24, 2.45) is 0 Å². The highest BCUT2D eigenvalue weighted by atomic mass is 32.2. The number of anilines is 1. The zero-order valence-corrected chi connectivity index (χ0v) is 13.9.